The summed E-state index contributed by atoms with van der Waals surface area (Å²) < 4.78 is 0. The molecule has 2 aromatic rings. The summed E-state index contributed by atoms with van der Waals surface area (Å²) in [4.78, 5) is 33.8. The Hall–Kier alpha value is -2.47. The van der Waals surface area contributed by atoms with E-state index < -0.39 is 0 Å². The van der Waals surface area contributed by atoms with Crippen LogP contribution in [0.15, 0.2) is 36.8 Å². The van der Waals surface area contributed by atoms with Crippen LogP contribution in [-0.4, -0.2) is 39.8 Å². The van der Waals surface area contributed by atoms with E-state index in [1.807, 2.05) is 13.0 Å². The smallest absolute Gasteiger partial charge is 0.274 e. The van der Waals surface area contributed by atoms with Gasteiger partial charge in [0.2, 0.25) is 5.91 Å². The summed E-state index contributed by atoms with van der Waals surface area (Å²) in [5, 5.41) is 3.43. The third kappa shape index (κ3) is 3.32. The lowest BCUT2D eigenvalue weighted by atomic mass is 9.98. The fraction of sp³-hybridized carbons (Fsp3) is 0.250. The maximum absolute atomic E-state index is 12.2. The molecule has 1 saturated heterocycles. The number of hydrogen-bond acceptors (Lipinski definition) is 4. The van der Waals surface area contributed by atoms with E-state index in [0.717, 1.165) is 5.56 Å². The molecular weight excluding hydrogens is 316 g/mol. The average molecular weight is 331 g/mol. The van der Waals surface area contributed by atoms with Crippen molar-refractivity contribution in [2.45, 2.75) is 6.92 Å². The van der Waals surface area contributed by atoms with Crippen molar-refractivity contribution in [2.24, 2.45) is 5.92 Å². The molecule has 1 aromatic heterocycles. The molecule has 0 atom stereocenters. The second-order valence-corrected chi connectivity index (χ2v) is 5.88. The van der Waals surface area contributed by atoms with Crippen LogP contribution in [0.5, 0.6) is 0 Å². The Labute approximate surface area is 138 Å². The van der Waals surface area contributed by atoms with Gasteiger partial charge in [-0.1, -0.05) is 17.7 Å². The average Bonchev–Trinajstić information content (AvgIpc) is 2.50. The third-order valence-corrected chi connectivity index (χ3v) is 4.01. The molecule has 1 aliphatic rings. The van der Waals surface area contributed by atoms with Crippen LogP contribution in [0.1, 0.15) is 16.1 Å². The zero-order valence-electron chi connectivity index (χ0n) is 12.5. The number of rotatable bonds is 3. The van der Waals surface area contributed by atoms with Crippen molar-refractivity contribution in [3.8, 4) is 0 Å². The van der Waals surface area contributed by atoms with Crippen LogP contribution in [0.4, 0.5) is 5.69 Å². The number of likely N-dealkylation sites (tertiary alicyclic amines) is 1. The summed E-state index contributed by atoms with van der Waals surface area (Å²) >= 11 is 5.94. The monoisotopic (exact) mass is 330 g/mol. The predicted octanol–water partition coefficient (Wildman–Crippen LogP) is 2.15. The standard InChI is InChI=1S/C16H15ClN4O2/c1-10-2-3-12(17)6-13(10)20-15(22)11-8-21(9-11)16(23)14-7-18-4-5-19-14/h2-7,11H,8-9H2,1H3,(H,20,22). The molecule has 23 heavy (non-hydrogen) atoms. The zero-order valence-corrected chi connectivity index (χ0v) is 13.2. The van der Waals surface area contributed by atoms with Crippen LogP contribution in [-0.2, 0) is 4.79 Å². The van der Waals surface area contributed by atoms with Gasteiger partial charge in [-0.05, 0) is 24.6 Å². The fourth-order valence-electron chi connectivity index (χ4n) is 2.35. The minimum absolute atomic E-state index is 0.112. The van der Waals surface area contributed by atoms with Crippen LogP contribution in [0.2, 0.25) is 5.02 Å². The second-order valence-electron chi connectivity index (χ2n) is 5.45. The van der Waals surface area contributed by atoms with Gasteiger partial charge in [-0.25, -0.2) is 4.98 Å². The molecule has 1 aliphatic heterocycles. The molecule has 0 saturated carbocycles. The van der Waals surface area contributed by atoms with E-state index in [9.17, 15) is 9.59 Å². The van der Waals surface area contributed by atoms with Crippen LogP contribution >= 0.6 is 11.6 Å². The van der Waals surface area contributed by atoms with Gasteiger partial charge in [-0.2, -0.15) is 0 Å². The zero-order chi connectivity index (χ0) is 16.4. The lowest BCUT2D eigenvalue weighted by Crippen LogP contribution is -2.54. The number of aryl methyl sites for hydroxylation is 1. The normalized spacial score (nSPS) is 14.3. The van der Waals surface area contributed by atoms with Crippen molar-refractivity contribution in [2.75, 3.05) is 18.4 Å². The Kier molecular flexibility index (Phi) is 4.25. The first-order chi connectivity index (χ1) is 11.0. The number of amides is 2. The molecule has 2 heterocycles. The lowest BCUT2D eigenvalue weighted by Gasteiger charge is -2.37. The number of nitrogens with zero attached hydrogens (tertiary/aromatic N) is 3. The van der Waals surface area contributed by atoms with Gasteiger partial charge in [0.15, 0.2) is 0 Å². The molecule has 0 aliphatic carbocycles. The SMILES string of the molecule is Cc1ccc(Cl)cc1NC(=O)C1CN(C(=O)c2cnccn2)C1. The van der Waals surface area contributed by atoms with Gasteiger partial charge in [-0.3, -0.25) is 14.6 Å². The predicted molar refractivity (Wildman–Crippen MR) is 86.2 cm³/mol. The number of anilines is 1. The van der Waals surface area contributed by atoms with Crippen molar-refractivity contribution >= 4 is 29.1 Å². The number of carbonyl (C=O) groups excluding carboxylic acids is 2. The molecule has 0 unspecified atom stereocenters. The van der Waals surface area contributed by atoms with E-state index in [2.05, 4.69) is 15.3 Å². The molecule has 0 radical (unpaired) electrons. The highest BCUT2D eigenvalue weighted by Gasteiger charge is 2.36. The number of carbonyl (C=O) groups is 2. The Morgan fingerprint density at radius 1 is 1.30 bits per heavy atom. The Morgan fingerprint density at radius 2 is 2.09 bits per heavy atom. The lowest BCUT2D eigenvalue weighted by molar-refractivity contribution is -0.123. The summed E-state index contributed by atoms with van der Waals surface area (Å²) in [5.74, 6) is -0.548. The van der Waals surface area contributed by atoms with Gasteiger partial charge >= 0.3 is 0 Å². The van der Waals surface area contributed by atoms with Gasteiger partial charge in [0.1, 0.15) is 5.69 Å². The van der Waals surface area contributed by atoms with Crippen molar-refractivity contribution in [1.29, 1.82) is 0 Å². The summed E-state index contributed by atoms with van der Waals surface area (Å²) in [6, 6.07) is 5.34. The molecule has 3 rings (SSSR count). The molecule has 1 aromatic carbocycles. The molecule has 1 fully saturated rings. The van der Waals surface area contributed by atoms with E-state index in [1.54, 1.807) is 17.0 Å². The highest BCUT2D eigenvalue weighted by molar-refractivity contribution is 6.31. The maximum atomic E-state index is 12.2. The molecule has 1 N–H and O–H groups in total. The highest BCUT2D eigenvalue weighted by Crippen LogP contribution is 2.23. The molecule has 0 bridgehead atoms. The largest absolute Gasteiger partial charge is 0.336 e. The van der Waals surface area contributed by atoms with Crippen LogP contribution in [0.25, 0.3) is 0 Å². The summed E-state index contributed by atoms with van der Waals surface area (Å²) in [6.45, 7) is 2.65. The Morgan fingerprint density at radius 3 is 2.78 bits per heavy atom. The van der Waals surface area contributed by atoms with Gasteiger partial charge in [0.25, 0.3) is 5.91 Å². The first-order valence-electron chi connectivity index (χ1n) is 7.17. The third-order valence-electron chi connectivity index (χ3n) is 3.78. The summed E-state index contributed by atoms with van der Waals surface area (Å²) in [6.07, 6.45) is 4.40. The quantitative estimate of drug-likeness (QED) is 0.935. The van der Waals surface area contributed by atoms with Crippen LogP contribution < -0.4 is 5.32 Å². The van der Waals surface area contributed by atoms with E-state index in [4.69, 9.17) is 11.6 Å². The maximum Gasteiger partial charge on any atom is 0.274 e. The Bertz CT molecular complexity index is 745. The van der Waals surface area contributed by atoms with Crippen LogP contribution in [0.3, 0.4) is 0 Å². The van der Waals surface area contributed by atoms with Crippen molar-refractivity contribution < 1.29 is 9.59 Å². The minimum Gasteiger partial charge on any atom is -0.336 e. The van der Waals surface area contributed by atoms with Crippen molar-refractivity contribution in [1.82, 2.24) is 14.9 Å². The number of aromatic nitrogens is 2. The van der Waals surface area contributed by atoms with Gasteiger partial charge in [0, 0.05) is 36.2 Å². The topological polar surface area (TPSA) is 75.2 Å². The molecule has 0 spiro atoms. The number of halogens is 1. The van der Waals surface area contributed by atoms with Gasteiger partial charge in [0.05, 0.1) is 12.1 Å². The molecule has 118 valence electrons. The molecule has 2 amide bonds. The second kappa shape index (κ2) is 6.34. The molecule has 6 nitrogen and oxygen atoms in total. The number of benzene rings is 1. The van der Waals surface area contributed by atoms with Gasteiger partial charge < -0.3 is 10.2 Å². The van der Waals surface area contributed by atoms with Crippen molar-refractivity contribution in [3.63, 3.8) is 0 Å². The van der Waals surface area contributed by atoms with Gasteiger partial charge in [-0.15, -0.1) is 0 Å². The molecular formula is C16H15ClN4O2. The van der Waals surface area contributed by atoms with Crippen LogP contribution in [0, 0.1) is 12.8 Å². The first kappa shape index (κ1) is 15.4. The number of nitrogens with one attached hydrogen (secondary N) is 1. The fourth-order valence-corrected chi connectivity index (χ4v) is 2.52. The number of hydrogen-bond donors (Lipinski definition) is 1. The minimum atomic E-state index is -0.228. The molecule has 7 heteroatoms. The van der Waals surface area contributed by atoms with E-state index in [1.165, 1.54) is 18.6 Å². The first-order valence-corrected chi connectivity index (χ1v) is 7.54. The highest BCUT2D eigenvalue weighted by atomic mass is 35.5. The summed E-state index contributed by atoms with van der Waals surface area (Å²) in [7, 11) is 0. The van der Waals surface area contributed by atoms with E-state index >= 15 is 0 Å². The Balaban J connectivity index is 1.58. The van der Waals surface area contributed by atoms with E-state index in [0.29, 0.717) is 23.8 Å². The summed E-state index contributed by atoms with van der Waals surface area (Å²) in [5.41, 5.74) is 1.92. The van der Waals surface area contributed by atoms with Crippen molar-refractivity contribution in [3.05, 3.63) is 53.1 Å². The van der Waals surface area contributed by atoms with E-state index in [-0.39, 0.29) is 23.4 Å².